The van der Waals surface area contributed by atoms with Gasteiger partial charge < -0.3 is 5.73 Å². The van der Waals surface area contributed by atoms with Crippen molar-refractivity contribution in [3.8, 4) is 0 Å². The second kappa shape index (κ2) is 10.6. The van der Waals surface area contributed by atoms with Crippen LogP contribution in [0.3, 0.4) is 0 Å². The zero-order valence-electron chi connectivity index (χ0n) is 12.7. The number of nitrogens with zero attached hydrogens (tertiary/aromatic N) is 1. The number of pyridine rings is 1. The van der Waals surface area contributed by atoms with Crippen LogP contribution in [-0.4, -0.2) is 10.8 Å². The van der Waals surface area contributed by atoms with Crippen LogP contribution in [0.25, 0.3) is 0 Å². The Morgan fingerprint density at radius 2 is 1.75 bits per heavy atom. The summed E-state index contributed by atoms with van der Waals surface area (Å²) in [6.45, 7) is 2.62. The largest absolute Gasteiger partial charge is 0.325 e. The highest BCUT2D eigenvalue weighted by molar-refractivity contribution is 5.96. The fraction of sp³-hybridized carbons (Fsp3) is 0.647. The average Bonchev–Trinajstić information content (AvgIpc) is 2.49. The summed E-state index contributed by atoms with van der Waals surface area (Å²) in [5.74, 6) is 0.216. The van der Waals surface area contributed by atoms with Gasteiger partial charge in [0.15, 0.2) is 5.78 Å². The van der Waals surface area contributed by atoms with Gasteiger partial charge in [-0.2, -0.15) is 0 Å². The molecule has 112 valence electrons. The zero-order valence-corrected chi connectivity index (χ0v) is 12.7. The van der Waals surface area contributed by atoms with E-state index in [9.17, 15) is 4.79 Å². The molecule has 0 aliphatic rings. The molecule has 1 aromatic rings. The van der Waals surface area contributed by atoms with Crippen molar-refractivity contribution in [2.24, 2.45) is 5.73 Å². The maximum absolute atomic E-state index is 12.0. The van der Waals surface area contributed by atoms with E-state index in [1.54, 1.807) is 12.3 Å². The summed E-state index contributed by atoms with van der Waals surface area (Å²) in [5, 5.41) is 0. The molecule has 2 N–H and O–H groups in total. The predicted octanol–water partition coefficient (Wildman–Crippen LogP) is 4.25. The van der Waals surface area contributed by atoms with E-state index in [2.05, 4.69) is 11.9 Å². The Bertz CT molecular complexity index is 390. The lowest BCUT2D eigenvalue weighted by atomic mass is 10.0. The van der Waals surface area contributed by atoms with E-state index in [1.165, 1.54) is 38.5 Å². The first kappa shape index (κ1) is 16.8. The molecule has 0 amide bonds. The number of ketones is 1. The highest BCUT2D eigenvalue weighted by Gasteiger charge is 2.06. The lowest BCUT2D eigenvalue weighted by Gasteiger charge is -2.03. The van der Waals surface area contributed by atoms with Crippen LogP contribution in [0.1, 0.15) is 80.8 Å². The molecule has 3 nitrogen and oxygen atoms in total. The van der Waals surface area contributed by atoms with Crippen molar-refractivity contribution in [2.75, 3.05) is 0 Å². The fourth-order valence-corrected chi connectivity index (χ4v) is 2.33. The van der Waals surface area contributed by atoms with Crippen LogP contribution in [0.15, 0.2) is 18.3 Å². The minimum atomic E-state index is 0.216. The summed E-state index contributed by atoms with van der Waals surface area (Å²) < 4.78 is 0. The van der Waals surface area contributed by atoms with Gasteiger partial charge in [0.1, 0.15) is 0 Å². The number of unbranched alkanes of at least 4 members (excludes halogenated alkanes) is 7. The lowest BCUT2D eigenvalue weighted by molar-refractivity contribution is 0.0979. The van der Waals surface area contributed by atoms with Crippen molar-refractivity contribution in [3.63, 3.8) is 0 Å². The van der Waals surface area contributed by atoms with Crippen molar-refractivity contribution in [3.05, 3.63) is 29.6 Å². The van der Waals surface area contributed by atoms with Crippen LogP contribution >= 0.6 is 0 Å². The molecule has 3 heteroatoms. The standard InChI is InChI=1S/C17H28N2O/c1-2-3-4-5-6-7-8-9-10-17(20)15-11-12-19-16(13-15)14-18/h11-13H,2-10,14,18H2,1H3. The van der Waals surface area contributed by atoms with Crippen molar-refractivity contribution in [2.45, 2.75) is 71.3 Å². The minimum absolute atomic E-state index is 0.216. The molecule has 1 heterocycles. The molecule has 0 bridgehead atoms. The van der Waals surface area contributed by atoms with E-state index in [0.29, 0.717) is 13.0 Å². The summed E-state index contributed by atoms with van der Waals surface area (Å²) in [7, 11) is 0. The first-order valence-corrected chi connectivity index (χ1v) is 7.96. The molecule has 0 saturated heterocycles. The van der Waals surface area contributed by atoms with Gasteiger partial charge in [-0.05, 0) is 18.6 Å². The Hall–Kier alpha value is -1.22. The number of carbonyl (C=O) groups excluding carboxylic acids is 1. The fourth-order valence-electron chi connectivity index (χ4n) is 2.33. The molecule has 0 unspecified atom stereocenters. The topological polar surface area (TPSA) is 56.0 Å². The molecule has 20 heavy (non-hydrogen) atoms. The molecule has 0 aliphatic carbocycles. The quantitative estimate of drug-likeness (QED) is 0.485. The molecule has 0 spiro atoms. The maximum Gasteiger partial charge on any atom is 0.162 e. The summed E-state index contributed by atoms with van der Waals surface area (Å²) in [6.07, 6.45) is 12.4. The van der Waals surface area contributed by atoms with Crippen LogP contribution in [0, 0.1) is 0 Å². The van der Waals surface area contributed by atoms with Crippen LogP contribution in [0.2, 0.25) is 0 Å². The highest BCUT2D eigenvalue weighted by Crippen LogP contribution is 2.12. The SMILES string of the molecule is CCCCCCCCCCC(=O)c1ccnc(CN)c1. The monoisotopic (exact) mass is 276 g/mol. The Kier molecular flexibility index (Phi) is 8.88. The Labute approximate surface area is 123 Å². The van der Waals surface area contributed by atoms with E-state index in [4.69, 9.17) is 5.73 Å². The summed E-state index contributed by atoms with van der Waals surface area (Å²) in [6, 6.07) is 3.60. The molecule has 0 aliphatic heterocycles. The number of carbonyl (C=O) groups is 1. The van der Waals surface area contributed by atoms with Gasteiger partial charge >= 0.3 is 0 Å². The van der Waals surface area contributed by atoms with Gasteiger partial charge in [-0.25, -0.2) is 0 Å². The first-order chi connectivity index (χ1) is 9.77. The van der Waals surface area contributed by atoms with E-state index in [0.717, 1.165) is 24.1 Å². The predicted molar refractivity (Wildman–Crippen MR) is 83.7 cm³/mol. The molecule has 0 atom stereocenters. The maximum atomic E-state index is 12.0. The van der Waals surface area contributed by atoms with Crippen molar-refractivity contribution < 1.29 is 4.79 Å². The first-order valence-electron chi connectivity index (χ1n) is 7.96. The number of hydrogen-bond donors (Lipinski definition) is 1. The van der Waals surface area contributed by atoms with Gasteiger partial charge in [0.05, 0.1) is 5.69 Å². The van der Waals surface area contributed by atoms with Crippen LogP contribution in [-0.2, 0) is 6.54 Å². The van der Waals surface area contributed by atoms with Gasteiger partial charge in [-0.1, -0.05) is 51.9 Å². The number of rotatable bonds is 11. The number of aromatic nitrogens is 1. The Morgan fingerprint density at radius 3 is 2.40 bits per heavy atom. The molecular formula is C17H28N2O. The van der Waals surface area contributed by atoms with E-state index in [-0.39, 0.29) is 5.78 Å². The summed E-state index contributed by atoms with van der Waals surface area (Å²) >= 11 is 0. The van der Waals surface area contributed by atoms with E-state index < -0.39 is 0 Å². The zero-order chi connectivity index (χ0) is 14.6. The second-order valence-corrected chi connectivity index (χ2v) is 5.39. The molecular weight excluding hydrogens is 248 g/mol. The molecule has 0 fully saturated rings. The minimum Gasteiger partial charge on any atom is -0.325 e. The van der Waals surface area contributed by atoms with Crippen molar-refractivity contribution >= 4 is 5.78 Å². The Balaban J connectivity index is 2.13. The molecule has 0 radical (unpaired) electrons. The molecule has 0 saturated carbocycles. The van der Waals surface area contributed by atoms with Gasteiger partial charge in [0.2, 0.25) is 0 Å². The number of nitrogens with two attached hydrogens (primary N) is 1. The van der Waals surface area contributed by atoms with Crippen molar-refractivity contribution in [1.82, 2.24) is 4.98 Å². The Morgan fingerprint density at radius 1 is 1.10 bits per heavy atom. The van der Waals surface area contributed by atoms with Crippen LogP contribution < -0.4 is 5.73 Å². The van der Waals surface area contributed by atoms with Crippen molar-refractivity contribution in [1.29, 1.82) is 0 Å². The third-order valence-electron chi connectivity index (χ3n) is 3.61. The molecule has 0 aromatic carbocycles. The summed E-state index contributed by atoms with van der Waals surface area (Å²) in [5.41, 5.74) is 7.07. The van der Waals surface area contributed by atoms with Gasteiger partial charge in [0, 0.05) is 24.7 Å². The highest BCUT2D eigenvalue weighted by atomic mass is 16.1. The second-order valence-electron chi connectivity index (χ2n) is 5.39. The van der Waals surface area contributed by atoms with E-state index >= 15 is 0 Å². The number of hydrogen-bond acceptors (Lipinski definition) is 3. The summed E-state index contributed by atoms with van der Waals surface area (Å²) in [4.78, 5) is 16.1. The average molecular weight is 276 g/mol. The van der Waals surface area contributed by atoms with Gasteiger partial charge in [0.25, 0.3) is 0 Å². The van der Waals surface area contributed by atoms with Gasteiger partial charge in [-0.15, -0.1) is 0 Å². The van der Waals surface area contributed by atoms with Gasteiger partial charge in [-0.3, -0.25) is 9.78 Å². The van der Waals surface area contributed by atoms with E-state index in [1.807, 2.05) is 6.07 Å². The molecule has 1 rings (SSSR count). The normalized spacial score (nSPS) is 10.7. The molecule has 1 aromatic heterocycles. The van der Waals surface area contributed by atoms with Crippen LogP contribution in [0.5, 0.6) is 0 Å². The lowest BCUT2D eigenvalue weighted by Crippen LogP contribution is -2.04. The van der Waals surface area contributed by atoms with Crippen LogP contribution in [0.4, 0.5) is 0 Å². The third kappa shape index (κ3) is 6.80. The third-order valence-corrected chi connectivity index (χ3v) is 3.61. The smallest absolute Gasteiger partial charge is 0.162 e. The number of Topliss-reactive ketones (excluding diaryl/α,β-unsaturated/α-hetero) is 1.